The van der Waals surface area contributed by atoms with Crippen molar-refractivity contribution in [2.75, 3.05) is 0 Å². The van der Waals surface area contributed by atoms with Crippen LogP contribution in [-0.4, -0.2) is 19.1 Å². The molecule has 6 nitrogen and oxygen atoms in total. The Hall–Kier alpha value is -5.75. The molecular formula is C44H41N5O. The Labute approximate surface area is 298 Å². The van der Waals surface area contributed by atoms with Crippen molar-refractivity contribution in [3.63, 3.8) is 0 Å². The number of rotatable bonds is 8. The van der Waals surface area contributed by atoms with Gasteiger partial charge in [-0.05, 0) is 78.2 Å². The first kappa shape index (κ1) is 27.1. The zero-order valence-electron chi connectivity index (χ0n) is 32.8. The van der Waals surface area contributed by atoms with Gasteiger partial charge in [0.15, 0.2) is 5.82 Å². The van der Waals surface area contributed by atoms with E-state index >= 15 is 0 Å². The van der Waals surface area contributed by atoms with Gasteiger partial charge in [0.05, 0.1) is 27.8 Å². The van der Waals surface area contributed by atoms with E-state index in [1.807, 2.05) is 135 Å². The van der Waals surface area contributed by atoms with Crippen molar-refractivity contribution in [1.82, 2.24) is 19.1 Å². The second-order valence-corrected chi connectivity index (χ2v) is 13.9. The zero-order chi connectivity index (χ0) is 38.0. The summed E-state index contributed by atoms with van der Waals surface area (Å²) >= 11 is 0. The molecule has 0 saturated heterocycles. The standard InChI is InChI=1S/C44H41N5O/c1-30(2)23-31-19-21-46-43(25-31)49-38-14-7-6-13-36(38)37-18-17-34(26-41(37)49)50-35-20-22-45-42(27-35)48-29-47(39-15-8-9-16-40(39)48)33-12-10-11-32(24-33)28-44(3,4)5/h6-22,24-27,30H,23,28H2,1-5H3/i23D2,28D2. The van der Waals surface area contributed by atoms with Crippen molar-refractivity contribution in [2.45, 2.75) is 47.4 Å². The highest BCUT2D eigenvalue weighted by Gasteiger charge is 2.17. The van der Waals surface area contributed by atoms with Gasteiger partial charge >= 0.3 is 0 Å². The second-order valence-electron chi connectivity index (χ2n) is 13.9. The molecular weight excluding hydrogens is 615 g/mol. The molecule has 50 heavy (non-hydrogen) atoms. The molecule has 8 aromatic rings. The Bertz CT molecular complexity index is 2690. The van der Waals surface area contributed by atoms with Gasteiger partial charge in [-0.15, -0.1) is 0 Å². The maximum Gasteiger partial charge on any atom is 0.271 e. The SMILES string of the molecule is [2H]C([2H])(c1ccnc(-n2c3ccccc3c3ccc(Oc4ccnc(-n5[c-][n+](-c6cccc(C([2H])([2H])C(C)(C)C)c6)c6ccccc65)c4)cc32)c1)C(C)C. The molecule has 0 atom stereocenters. The van der Waals surface area contributed by atoms with Gasteiger partial charge in [0, 0.05) is 40.8 Å². The predicted molar refractivity (Wildman–Crippen MR) is 202 cm³/mol. The lowest BCUT2D eigenvalue weighted by molar-refractivity contribution is -0.572. The molecule has 0 bridgehead atoms. The predicted octanol–water partition coefficient (Wildman–Crippen LogP) is 10.2. The summed E-state index contributed by atoms with van der Waals surface area (Å²) in [6, 6.07) is 37.0. The summed E-state index contributed by atoms with van der Waals surface area (Å²) in [6.45, 7) is 9.51. The molecule has 0 saturated carbocycles. The molecule has 6 heteroatoms. The second kappa shape index (κ2) is 12.6. The molecule has 248 valence electrons. The van der Waals surface area contributed by atoms with Gasteiger partial charge in [0.25, 0.3) is 6.33 Å². The van der Waals surface area contributed by atoms with Crippen LogP contribution in [0.15, 0.2) is 128 Å². The van der Waals surface area contributed by atoms with E-state index in [9.17, 15) is 0 Å². The van der Waals surface area contributed by atoms with Crippen LogP contribution in [-0.2, 0) is 12.7 Å². The number of fused-ring (bicyclic) bond motifs is 4. The minimum atomic E-state index is -1.54. The van der Waals surface area contributed by atoms with E-state index in [-0.39, 0.29) is 5.92 Å². The molecule has 0 aliphatic heterocycles. The number of imidazole rings is 1. The summed E-state index contributed by atoms with van der Waals surface area (Å²) in [4.78, 5) is 9.42. The van der Waals surface area contributed by atoms with Gasteiger partial charge in [0.2, 0.25) is 0 Å². The first-order valence-corrected chi connectivity index (χ1v) is 16.9. The highest BCUT2D eigenvalue weighted by atomic mass is 16.5. The Morgan fingerprint density at radius 2 is 1.46 bits per heavy atom. The fourth-order valence-electron chi connectivity index (χ4n) is 6.52. The van der Waals surface area contributed by atoms with Gasteiger partial charge in [-0.25, -0.2) is 4.98 Å². The number of para-hydroxylation sites is 3. The molecule has 0 spiro atoms. The lowest BCUT2D eigenvalue weighted by Crippen LogP contribution is -2.29. The number of hydrogen-bond acceptors (Lipinski definition) is 3. The first-order valence-electron chi connectivity index (χ1n) is 18.9. The molecule has 0 aliphatic rings. The third kappa shape index (κ3) is 6.14. The molecule has 4 aromatic carbocycles. The number of nitrogens with zero attached hydrogens (tertiary/aromatic N) is 5. The van der Waals surface area contributed by atoms with Crippen LogP contribution in [0.5, 0.6) is 11.5 Å². The topological polar surface area (TPSA) is 48.8 Å². The van der Waals surface area contributed by atoms with Gasteiger partial charge in [-0.2, -0.15) is 0 Å². The number of aromatic nitrogens is 5. The summed E-state index contributed by atoms with van der Waals surface area (Å²) in [5.74, 6) is 2.25. The van der Waals surface area contributed by atoms with E-state index < -0.39 is 18.2 Å². The molecule has 0 amide bonds. The molecule has 8 rings (SSSR count). The molecule has 4 aromatic heterocycles. The minimum absolute atomic E-state index is 0.208. The van der Waals surface area contributed by atoms with Crippen LogP contribution < -0.4 is 9.30 Å². The Kier molecular flexibility index (Phi) is 6.84. The summed E-state index contributed by atoms with van der Waals surface area (Å²) in [6.07, 6.45) is 3.80. The molecule has 4 heterocycles. The maximum atomic E-state index is 8.87. The van der Waals surface area contributed by atoms with E-state index in [1.165, 1.54) is 0 Å². The average Bonchev–Trinajstić information content (AvgIpc) is 3.71. The Balaban J connectivity index is 1.18. The largest absolute Gasteiger partial charge is 0.458 e. The molecule has 0 radical (unpaired) electrons. The van der Waals surface area contributed by atoms with E-state index in [0.717, 1.165) is 38.5 Å². The highest BCUT2D eigenvalue weighted by Crippen LogP contribution is 2.35. The quantitative estimate of drug-likeness (QED) is 0.121. The minimum Gasteiger partial charge on any atom is -0.458 e. The van der Waals surface area contributed by atoms with E-state index in [2.05, 4.69) is 29.1 Å². The van der Waals surface area contributed by atoms with Crippen molar-refractivity contribution >= 4 is 32.8 Å². The van der Waals surface area contributed by atoms with Crippen LogP contribution in [0.3, 0.4) is 0 Å². The first-order chi connectivity index (χ1) is 25.7. The number of pyridine rings is 2. The number of ether oxygens (including phenoxy) is 1. The average molecular weight is 660 g/mol. The molecule has 0 fully saturated rings. The van der Waals surface area contributed by atoms with Crippen LogP contribution >= 0.6 is 0 Å². The van der Waals surface area contributed by atoms with E-state index in [0.29, 0.717) is 34.3 Å². The van der Waals surface area contributed by atoms with Crippen molar-refractivity contribution in [3.05, 3.63) is 145 Å². The fourth-order valence-corrected chi connectivity index (χ4v) is 6.52. The fraction of sp³-hybridized carbons (Fsp3) is 0.205. The van der Waals surface area contributed by atoms with Crippen LogP contribution in [0.2, 0.25) is 0 Å². The van der Waals surface area contributed by atoms with Crippen molar-refractivity contribution < 1.29 is 14.8 Å². The normalized spacial score (nSPS) is 13.8. The lowest BCUT2D eigenvalue weighted by atomic mass is 9.88. The monoisotopic (exact) mass is 659 g/mol. The molecule has 0 aliphatic carbocycles. The molecule has 0 unspecified atom stereocenters. The highest BCUT2D eigenvalue weighted by molar-refractivity contribution is 6.09. The van der Waals surface area contributed by atoms with Gasteiger partial charge in [-0.1, -0.05) is 94.8 Å². The van der Waals surface area contributed by atoms with Crippen molar-refractivity contribution in [1.29, 1.82) is 0 Å². The number of hydrogen-bond donors (Lipinski definition) is 0. The summed E-state index contributed by atoms with van der Waals surface area (Å²) in [5.41, 5.74) is 5.04. The third-order valence-corrected chi connectivity index (χ3v) is 8.44. The van der Waals surface area contributed by atoms with Crippen LogP contribution in [0.4, 0.5) is 0 Å². The third-order valence-electron chi connectivity index (χ3n) is 8.44. The lowest BCUT2D eigenvalue weighted by Gasteiger charge is -2.18. The maximum absolute atomic E-state index is 8.87. The smallest absolute Gasteiger partial charge is 0.271 e. The Morgan fingerprint density at radius 3 is 2.30 bits per heavy atom. The number of benzene rings is 4. The summed E-state index contributed by atoms with van der Waals surface area (Å²) in [7, 11) is 0. The van der Waals surface area contributed by atoms with Crippen LogP contribution in [0.25, 0.3) is 50.2 Å². The van der Waals surface area contributed by atoms with E-state index in [4.69, 9.17) is 20.2 Å². The van der Waals surface area contributed by atoms with Crippen LogP contribution in [0.1, 0.15) is 51.2 Å². The van der Waals surface area contributed by atoms with Gasteiger partial charge < -0.3 is 4.74 Å². The van der Waals surface area contributed by atoms with Gasteiger partial charge in [0.1, 0.15) is 17.3 Å². The van der Waals surface area contributed by atoms with Crippen molar-refractivity contribution in [3.8, 4) is 28.8 Å². The van der Waals surface area contributed by atoms with Crippen LogP contribution in [0, 0.1) is 17.7 Å². The summed E-state index contributed by atoms with van der Waals surface area (Å²) in [5, 5.41) is 2.10. The van der Waals surface area contributed by atoms with Crippen molar-refractivity contribution in [2.24, 2.45) is 11.3 Å². The van der Waals surface area contributed by atoms with E-state index in [1.54, 1.807) is 18.5 Å². The molecule has 0 N–H and O–H groups in total. The summed E-state index contributed by atoms with van der Waals surface area (Å²) < 4.78 is 47.6. The zero-order valence-corrected chi connectivity index (χ0v) is 28.8. The van der Waals surface area contributed by atoms with Gasteiger partial charge in [-0.3, -0.25) is 18.7 Å². The Morgan fingerprint density at radius 1 is 0.720 bits per heavy atom.